The van der Waals surface area contributed by atoms with Crippen LogP contribution in [0, 0.1) is 12.7 Å². The molecular formula is C18H10Cl3FN4O2. The minimum Gasteiger partial charge on any atom is -0.443 e. The summed E-state index contributed by atoms with van der Waals surface area (Å²) in [7, 11) is 0. The minimum atomic E-state index is -0.770. The summed E-state index contributed by atoms with van der Waals surface area (Å²) in [4.78, 5) is 12.7. The fourth-order valence-corrected chi connectivity index (χ4v) is 3.39. The predicted molar refractivity (Wildman–Crippen MR) is 105 cm³/mol. The quantitative estimate of drug-likeness (QED) is 0.408. The van der Waals surface area contributed by atoms with Crippen molar-refractivity contribution in [1.82, 2.24) is 20.0 Å². The van der Waals surface area contributed by atoms with E-state index in [1.54, 1.807) is 25.1 Å². The highest BCUT2D eigenvalue weighted by Gasteiger charge is 2.20. The van der Waals surface area contributed by atoms with Gasteiger partial charge in [-0.1, -0.05) is 40.9 Å². The zero-order chi connectivity index (χ0) is 20.0. The molecule has 2 heterocycles. The Kier molecular flexibility index (Phi) is 4.82. The topological polar surface area (TPSA) is 69.9 Å². The van der Waals surface area contributed by atoms with Crippen molar-refractivity contribution in [2.24, 2.45) is 0 Å². The molecule has 0 radical (unpaired) electrons. The molecular weight excluding hydrogens is 430 g/mol. The number of aryl methyl sites for hydroxylation is 1. The van der Waals surface area contributed by atoms with Gasteiger partial charge in [0.15, 0.2) is 0 Å². The van der Waals surface area contributed by atoms with Crippen molar-refractivity contribution in [3.05, 3.63) is 62.5 Å². The Labute approximate surface area is 172 Å². The summed E-state index contributed by atoms with van der Waals surface area (Å²) >= 11 is 17.8. The van der Waals surface area contributed by atoms with Gasteiger partial charge in [0.05, 0.1) is 16.2 Å². The zero-order valence-corrected chi connectivity index (χ0v) is 16.5. The van der Waals surface area contributed by atoms with Crippen molar-refractivity contribution in [3.8, 4) is 0 Å². The van der Waals surface area contributed by atoms with E-state index in [1.807, 2.05) is 0 Å². The average molecular weight is 440 g/mol. The molecule has 4 rings (SSSR count). The number of ether oxygens (including phenoxy) is 1. The number of aromatic nitrogens is 4. The van der Waals surface area contributed by atoms with Crippen LogP contribution in [0.4, 0.5) is 9.18 Å². The highest BCUT2D eigenvalue weighted by atomic mass is 35.5. The van der Waals surface area contributed by atoms with Gasteiger partial charge in [0.1, 0.15) is 23.5 Å². The molecule has 6 nitrogen and oxygen atoms in total. The molecule has 0 spiro atoms. The van der Waals surface area contributed by atoms with Crippen LogP contribution in [-0.4, -0.2) is 26.1 Å². The zero-order valence-electron chi connectivity index (χ0n) is 14.2. The van der Waals surface area contributed by atoms with Crippen molar-refractivity contribution in [1.29, 1.82) is 0 Å². The van der Waals surface area contributed by atoms with E-state index in [2.05, 4.69) is 15.3 Å². The highest BCUT2D eigenvalue weighted by molar-refractivity contribution is 6.35. The Morgan fingerprint density at radius 1 is 1.14 bits per heavy atom. The molecule has 0 aliphatic rings. The van der Waals surface area contributed by atoms with E-state index in [1.165, 1.54) is 12.1 Å². The van der Waals surface area contributed by atoms with Gasteiger partial charge < -0.3 is 4.74 Å². The van der Waals surface area contributed by atoms with Crippen molar-refractivity contribution in [3.63, 3.8) is 0 Å². The molecule has 0 saturated heterocycles. The second-order valence-electron chi connectivity index (χ2n) is 5.97. The molecule has 142 valence electrons. The molecule has 0 fully saturated rings. The van der Waals surface area contributed by atoms with Gasteiger partial charge in [0, 0.05) is 21.0 Å². The van der Waals surface area contributed by atoms with Crippen LogP contribution in [0.2, 0.25) is 15.1 Å². The first-order valence-corrected chi connectivity index (χ1v) is 9.10. The number of nitrogens with zero attached hydrogens (tertiary/aromatic N) is 4. The number of carbonyl (C=O) groups excluding carboxylic acids is 1. The third-order valence-electron chi connectivity index (χ3n) is 4.12. The fraction of sp³-hybridized carbons (Fsp3) is 0.111. The smallest absolute Gasteiger partial charge is 0.435 e. The van der Waals surface area contributed by atoms with Crippen molar-refractivity contribution in [2.75, 3.05) is 0 Å². The number of halogens is 4. The SMILES string of the molecule is Cc1nn(C(=O)OCc2ccc(Cl)cc2Cl)c2c1nnc1cc(Cl)c(F)cc12. The van der Waals surface area contributed by atoms with Gasteiger partial charge in [-0.05, 0) is 31.2 Å². The summed E-state index contributed by atoms with van der Waals surface area (Å²) in [6.07, 6.45) is -0.770. The third kappa shape index (κ3) is 3.26. The summed E-state index contributed by atoms with van der Waals surface area (Å²) in [6, 6.07) is 7.37. The molecule has 0 atom stereocenters. The van der Waals surface area contributed by atoms with Crippen LogP contribution >= 0.6 is 34.8 Å². The second-order valence-corrected chi connectivity index (χ2v) is 7.22. The van der Waals surface area contributed by atoms with Gasteiger partial charge >= 0.3 is 6.09 Å². The van der Waals surface area contributed by atoms with Crippen LogP contribution < -0.4 is 0 Å². The van der Waals surface area contributed by atoms with Gasteiger partial charge in [-0.25, -0.2) is 9.18 Å². The molecule has 0 bridgehead atoms. The summed E-state index contributed by atoms with van der Waals surface area (Å²) in [5, 5.41) is 13.3. The van der Waals surface area contributed by atoms with Gasteiger partial charge in [0.2, 0.25) is 0 Å². The van der Waals surface area contributed by atoms with E-state index >= 15 is 0 Å². The molecule has 2 aromatic heterocycles. The maximum absolute atomic E-state index is 14.0. The molecule has 0 saturated carbocycles. The first-order valence-electron chi connectivity index (χ1n) is 7.97. The summed E-state index contributed by atoms with van der Waals surface area (Å²) in [5.74, 6) is -0.643. The van der Waals surface area contributed by atoms with E-state index in [4.69, 9.17) is 39.5 Å². The maximum atomic E-state index is 14.0. The van der Waals surface area contributed by atoms with Crippen LogP contribution in [0.3, 0.4) is 0 Å². The van der Waals surface area contributed by atoms with Crippen molar-refractivity contribution >= 4 is 62.8 Å². The largest absolute Gasteiger partial charge is 0.443 e. The number of hydrogen-bond donors (Lipinski definition) is 0. The lowest BCUT2D eigenvalue weighted by molar-refractivity contribution is 0.139. The molecule has 2 aromatic carbocycles. The van der Waals surface area contributed by atoms with Gasteiger partial charge in [-0.15, -0.1) is 10.2 Å². The number of hydrogen-bond acceptors (Lipinski definition) is 5. The molecule has 28 heavy (non-hydrogen) atoms. The Balaban J connectivity index is 1.76. The third-order valence-corrected chi connectivity index (χ3v) is 5.00. The maximum Gasteiger partial charge on any atom is 0.435 e. The fourth-order valence-electron chi connectivity index (χ4n) is 2.76. The van der Waals surface area contributed by atoms with Crippen LogP contribution in [0.1, 0.15) is 11.3 Å². The Morgan fingerprint density at radius 2 is 1.93 bits per heavy atom. The molecule has 0 aliphatic heterocycles. The molecule has 0 amide bonds. The molecule has 10 heteroatoms. The molecule has 0 N–H and O–H groups in total. The van der Waals surface area contributed by atoms with Crippen LogP contribution in [-0.2, 0) is 11.3 Å². The first kappa shape index (κ1) is 18.9. The van der Waals surface area contributed by atoms with E-state index in [0.29, 0.717) is 37.7 Å². The van der Waals surface area contributed by atoms with E-state index in [-0.39, 0.29) is 17.1 Å². The van der Waals surface area contributed by atoms with Gasteiger partial charge in [-0.3, -0.25) is 0 Å². The van der Waals surface area contributed by atoms with E-state index < -0.39 is 11.9 Å². The summed E-state index contributed by atoms with van der Waals surface area (Å²) in [6.45, 7) is 1.57. The van der Waals surface area contributed by atoms with Crippen molar-refractivity contribution < 1.29 is 13.9 Å². The highest BCUT2D eigenvalue weighted by Crippen LogP contribution is 2.28. The lowest BCUT2D eigenvalue weighted by atomic mass is 10.2. The standard InChI is InChI=1S/C18H10Cl3FN4O2/c1-8-16-17(11-5-14(22)13(21)6-15(11)23-24-16)26(25-8)18(27)28-7-9-2-3-10(19)4-12(9)20/h2-6H,7H2,1H3. The Morgan fingerprint density at radius 3 is 2.68 bits per heavy atom. The molecule has 0 unspecified atom stereocenters. The predicted octanol–water partition coefficient (Wildman–Crippen LogP) is 5.57. The number of rotatable bonds is 2. The van der Waals surface area contributed by atoms with E-state index in [0.717, 1.165) is 4.68 Å². The minimum absolute atomic E-state index is 0.0914. The number of carbonyl (C=O) groups is 1. The number of fused-ring (bicyclic) bond motifs is 3. The van der Waals surface area contributed by atoms with Crippen LogP contribution in [0.25, 0.3) is 21.9 Å². The molecule has 4 aromatic rings. The normalized spacial score (nSPS) is 11.3. The first-order chi connectivity index (χ1) is 13.3. The Bertz CT molecular complexity index is 1260. The molecule has 0 aliphatic carbocycles. The lowest BCUT2D eigenvalue weighted by Gasteiger charge is -2.08. The van der Waals surface area contributed by atoms with Crippen LogP contribution in [0.5, 0.6) is 0 Å². The van der Waals surface area contributed by atoms with Crippen LogP contribution in [0.15, 0.2) is 30.3 Å². The van der Waals surface area contributed by atoms with E-state index in [9.17, 15) is 9.18 Å². The van der Waals surface area contributed by atoms with Crippen molar-refractivity contribution in [2.45, 2.75) is 13.5 Å². The monoisotopic (exact) mass is 438 g/mol. The lowest BCUT2D eigenvalue weighted by Crippen LogP contribution is -2.15. The summed E-state index contributed by atoms with van der Waals surface area (Å²) < 4.78 is 20.4. The second kappa shape index (κ2) is 7.16. The van der Waals surface area contributed by atoms with Gasteiger partial charge in [-0.2, -0.15) is 9.78 Å². The number of benzene rings is 2. The summed E-state index contributed by atoms with van der Waals surface area (Å²) in [5.41, 5.74) is 1.99. The average Bonchev–Trinajstić information content (AvgIpc) is 2.99. The van der Waals surface area contributed by atoms with Gasteiger partial charge in [0.25, 0.3) is 0 Å². The Hall–Kier alpha value is -2.48.